The summed E-state index contributed by atoms with van der Waals surface area (Å²) in [5.74, 6) is 0.469. The van der Waals surface area contributed by atoms with Crippen molar-refractivity contribution in [2.24, 2.45) is 0 Å². The van der Waals surface area contributed by atoms with E-state index in [1.165, 1.54) is 6.07 Å². The topological polar surface area (TPSA) is 69.0 Å². The van der Waals surface area contributed by atoms with Crippen LogP contribution in [0, 0.1) is 13.8 Å². The lowest BCUT2D eigenvalue weighted by atomic mass is 10.1. The monoisotopic (exact) mass is 345 g/mol. The van der Waals surface area contributed by atoms with Crippen molar-refractivity contribution in [1.29, 1.82) is 0 Å². The molecule has 1 amide bonds. The Hall–Kier alpha value is -2.34. The van der Waals surface area contributed by atoms with Crippen LogP contribution in [0.25, 0.3) is 11.0 Å². The van der Waals surface area contributed by atoms with Gasteiger partial charge in [-0.2, -0.15) is 0 Å². The van der Waals surface area contributed by atoms with Crippen LogP contribution in [0.3, 0.4) is 0 Å². The molecular weight excluding hydrogens is 322 g/mol. The molecule has 134 valence electrons. The number of aryl methyl sites for hydroxylation is 2. The van der Waals surface area contributed by atoms with Crippen molar-refractivity contribution in [3.05, 3.63) is 39.7 Å². The molecule has 0 unspecified atom stereocenters. The zero-order valence-corrected chi connectivity index (χ0v) is 15.0. The summed E-state index contributed by atoms with van der Waals surface area (Å²) < 4.78 is 16.7. The van der Waals surface area contributed by atoms with E-state index in [0.29, 0.717) is 24.4 Å². The number of benzene rings is 1. The number of hydrogen-bond acceptors (Lipinski definition) is 5. The Morgan fingerprint density at radius 3 is 2.60 bits per heavy atom. The fraction of sp³-hybridized carbons (Fsp3) is 0.474. The summed E-state index contributed by atoms with van der Waals surface area (Å²) in [5.41, 5.74) is 1.68. The standard InChI is InChI=1S/C19H23NO5/c1-11-7-18(22)25-19-14(4)16(6-5-15(11)19)23-10-17(21)20-8-12(2)24-13(3)9-20/h5-7,12-13H,8-10H2,1-4H3/t12-,13+. The van der Waals surface area contributed by atoms with Crippen molar-refractivity contribution in [1.82, 2.24) is 4.90 Å². The Balaban J connectivity index is 1.76. The molecular formula is C19H23NO5. The molecule has 1 aromatic heterocycles. The second-order valence-electron chi connectivity index (χ2n) is 6.66. The van der Waals surface area contributed by atoms with Crippen molar-refractivity contribution in [2.45, 2.75) is 39.9 Å². The minimum absolute atomic E-state index is 0.0207. The molecule has 6 nitrogen and oxygen atoms in total. The molecule has 25 heavy (non-hydrogen) atoms. The van der Waals surface area contributed by atoms with E-state index in [2.05, 4.69) is 0 Å². The van der Waals surface area contributed by atoms with E-state index < -0.39 is 5.63 Å². The molecule has 1 saturated heterocycles. The van der Waals surface area contributed by atoms with Crippen molar-refractivity contribution >= 4 is 16.9 Å². The Labute approximate surface area is 146 Å². The first kappa shape index (κ1) is 17.5. The molecule has 1 aromatic carbocycles. The van der Waals surface area contributed by atoms with Gasteiger partial charge in [-0.25, -0.2) is 4.79 Å². The van der Waals surface area contributed by atoms with Crippen LogP contribution in [-0.4, -0.2) is 42.7 Å². The number of ether oxygens (including phenoxy) is 2. The number of morpholine rings is 1. The number of nitrogens with zero attached hydrogens (tertiary/aromatic N) is 1. The van der Waals surface area contributed by atoms with Gasteiger partial charge in [0.2, 0.25) is 0 Å². The number of amides is 1. The summed E-state index contributed by atoms with van der Waals surface area (Å²) in [6, 6.07) is 5.12. The molecule has 0 saturated carbocycles. The van der Waals surface area contributed by atoms with Gasteiger partial charge in [-0.1, -0.05) is 0 Å². The molecule has 2 aromatic rings. The van der Waals surface area contributed by atoms with Crippen LogP contribution in [0.5, 0.6) is 5.75 Å². The Bertz CT molecular complexity index is 847. The third kappa shape index (κ3) is 3.69. The van der Waals surface area contributed by atoms with Gasteiger partial charge in [0.1, 0.15) is 11.3 Å². The molecule has 3 rings (SSSR count). The first-order valence-electron chi connectivity index (χ1n) is 8.45. The Morgan fingerprint density at radius 2 is 1.92 bits per heavy atom. The molecule has 2 atom stereocenters. The molecule has 1 fully saturated rings. The van der Waals surface area contributed by atoms with Gasteiger partial charge < -0.3 is 18.8 Å². The van der Waals surface area contributed by atoms with E-state index in [9.17, 15) is 9.59 Å². The quantitative estimate of drug-likeness (QED) is 0.799. The number of hydrogen-bond donors (Lipinski definition) is 0. The molecule has 6 heteroatoms. The van der Waals surface area contributed by atoms with Gasteiger partial charge in [-0.05, 0) is 45.4 Å². The molecule has 1 aliphatic rings. The summed E-state index contributed by atoms with van der Waals surface area (Å²) in [4.78, 5) is 25.8. The lowest BCUT2D eigenvalue weighted by Crippen LogP contribution is -2.49. The Kier molecular flexibility index (Phi) is 4.81. The maximum absolute atomic E-state index is 12.4. The summed E-state index contributed by atoms with van der Waals surface area (Å²) in [6.45, 7) is 8.67. The van der Waals surface area contributed by atoms with E-state index in [1.54, 1.807) is 4.90 Å². The third-order valence-corrected chi connectivity index (χ3v) is 4.44. The number of fused-ring (bicyclic) bond motifs is 1. The first-order valence-corrected chi connectivity index (χ1v) is 8.45. The predicted molar refractivity (Wildman–Crippen MR) is 94.0 cm³/mol. The zero-order valence-electron chi connectivity index (χ0n) is 15.0. The first-order chi connectivity index (χ1) is 11.8. The van der Waals surface area contributed by atoms with Crippen LogP contribution in [0.4, 0.5) is 0 Å². The van der Waals surface area contributed by atoms with Crippen molar-refractivity contribution < 1.29 is 18.7 Å². The van der Waals surface area contributed by atoms with Crippen LogP contribution in [0.1, 0.15) is 25.0 Å². The average Bonchev–Trinajstić information content (AvgIpc) is 2.53. The summed E-state index contributed by atoms with van der Waals surface area (Å²) in [7, 11) is 0. The highest BCUT2D eigenvalue weighted by molar-refractivity contribution is 5.85. The minimum Gasteiger partial charge on any atom is -0.483 e. The molecule has 0 radical (unpaired) electrons. The van der Waals surface area contributed by atoms with Crippen LogP contribution in [0.2, 0.25) is 0 Å². The van der Waals surface area contributed by atoms with Gasteiger partial charge in [0.25, 0.3) is 5.91 Å². The number of carbonyl (C=O) groups excluding carboxylic acids is 1. The van der Waals surface area contributed by atoms with E-state index in [-0.39, 0.29) is 24.7 Å². The third-order valence-electron chi connectivity index (χ3n) is 4.44. The highest BCUT2D eigenvalue weighted by Gasteiger charge is 2.26. The lowest BCUT2D eigenvalue weighted by molar-refractivity contribution is -0.145. The summed E-state index contributed by atoms with van der Waals surface area (Å²) in [6.07, 6.45) is 0.0414. The summed E-state index contributed by atoms with van der Waals surface area (Å²) >= 11 is 0. The van der Waals surface area contributed by atoms with E-state index in [4.69, 9.17) is 13.9 Å². The fourth-order valence-corrected chi connectivity index (χ4v) is 3.27. The highest BCUT2D eigenvalue weighted by atomic mass is 16.5. The van der Waals surface area contributed by atoms with Gasteiger partial charge in [0.15, 0.2) is 6.61 Å². The van der Waals surface area contributed by atoms with Crippen molar-refractivity contribution in [2.75, 3.05) is 19.7 Å². The molecule has 2 heterocycles. The molecule has 0 spiro atoms. The van der Waals surface area contributed by atoms with E-state index in [1.807, 2.05) is 39.8 Å². The van der Waals surface area contributed by atoms with Crippen LogP contribution < -0.4 is 10.4 Å². The van der Waals surface area contributed by atoms with Gasteiger partial charge in [0, 0.05) is 30.1 Å². The van der Waals surface area contributed by atoms with E-state index >= 15 is 0 Å². The van der Waals surface area contributed by atoms with E-state index in [0.717, 1.165) is 16.5 Å². The molecule has 1 aliphatic heterocycles. The van der Waals surface area contributed by atoms with Crippen LogP contribution in [-0.2, 0) is 9.53 Å². The zero-order chi connectivity index (χ0) is 18.1. The normalized spacial score (nSPS) is 20.7. The average molecular weight is 345 g/mol. The lowest BCUT2D eigenvalue weighted by Gasteiger charge is -2.35. The molecule has 0 bridgehead atoms. The van der Waals surface area contributed by atoms with Gasteiger partial charge in [0.05, 0.1) is 12.2 Å². The largest absolute Gasteiger partial charge is 0.483 e. The maximum atomic E-state index is 12.4. The van der Waals surface area contributed by atoms with Crippen molar-refractivity contribution in [3.63, 3.8) is 0 Å². The fourth-order valence-electron chi connectivity index (χ4n) is 3.27. The second-order valence-corrected chi connectivity index (χ2v) is 6.66. The SMILES string of the molecule is Cc1cc(=O)oc2c(C)c(OCC(=O)N3C[C@@H](C)O[C@@H](C)C3)ccc12. The van der Waals surface area contributed by atoms with Crippen LogP contribution in [0.15, 0.2) is 27.4 Å². The number of rotatable bonds is 3. The minimum atomic E-state index is -0.391. The highest BCUT2D eigenvalue weighted by Crippen LogP contribution is 2.28. The summed E-state index contributed by atoms with van der Waals surface area (Å²) in [5, 5.41) is 0.867. The number of carbonyl (C=O) groups is 1. The smallest absolute Gasteiger partial charge is 0.336 e. The molecule has 0 N–H and O–H groups in total. The predicted octanol–water partition coefficient (Wildman–Crippen LogP) is 2.42. The van der Waals surface area contributed by atoms with Gasteiger partial charge >= 0.3 is 5.63 Å². The van der Waals surface area contributed by atoms with Gasteiger partial charge in [-0.15, -0.1) is 0 Å². The Morgan fingerprint density at radius 1 is 1.24 bits per heavy atom. The van der Waals surface area contributed by atoms with Crippen molar-refractivity contribution in [3.8, 4) is 5.75 Å². The van der Waals surface area contributed by atoms with Gasteiger partial charge in [-0.3, -0.25) is 4.79 Å². The second kappa shape index (κ2) is 6.88. The van der Waals surface area contributed by atoms with Crippen LogP contribution >= 0.6 is 0 Å². The molecule has 0 aliphatic carbocycles. The maximum Gasteiger partial charge on any atom is 0.336 e.